The van der Waals surface area contributed by atoms with Gasteiger partial charge in [0.15, 0.2) is 11.5 Å². The van der Waals surface area contributed by atoms with Crippen molar-refractivity contribution in [2.75, 3.05) is 12.4 Å². The summed E-state index contributed by atoms with van der Waals surface area (Å²) >= 11 is 0. The lowest BCUT2D eigenvalue weighted by atomic mass is 10.1. The number of benzene rings is 2. The normalized spacial score (nSPS) is 12.8. The van der Waals surface area contributed by atoms with Crippen LogP contribution in [0.5, 0.6) is 0 Å². The van der Waals surface area contributed by atoms with Crippen LogP contribution in [0.3, 0.4) is 0 Å². The van der Waals surface area contributed by atoms with Crippen molar-refractivity contribution in [3.05, 3.63) is 72.0 Å². The van der Waals surface area contributed by atoms with Crippen LogP contribution in [0.25, 0.3) is 17.0 Å². The smallest absolute Gasteiger partial charge is 0.240 e. The van der Waals surface area contributed by atoms with E-state index in [1.54, 1.807) is 53.0 Å². The Kier molecular flexibility index (Phi) is 5.18. The molecule has 4 aromatic rings. The molecule has 154 valence electrons. The maximum atomic E-state index is 13.2. The third kappa shape index (κ3) is 3.87. The summed E-state index contributed by atoms with van der Waals surface area (Å²) in [7, 11) is -2.10. The molecule has 30 heavy (non-hydrogen) atoms. The van der Waals surface area contributed by atoms with Crippen LogP contribution in [0.15, 0.2) is 65.6 Å². The number of hydrogen-bond acceptors (Lipinski definition) is 6. The molecule has 0 fully saturated rings. The number of nitrogens with one attached hydrogen (secondary N) is 2. The largest absolute Gasteiger partial charge is 0.362 e. The highest BCUT2D eigenvalue weighted by atomic mass is 32.2. The molecule has 2 heterocycles. The Labute approximate surface area is 172 Å². The molecule has 0 radical (unpaired) electrons. The molecular formula is C20H19FN6O2S. The highest BCUT2D eigenvalue weighted by Crippen LogP contribution is 2.22. The first-order chi connectivity index (χ1) is 14.4. The molecule has 0 spiro atoms. The van der Waals surface area contributed by atoms with E-state index in [0.29, 0.717) is 22.9 Å². The highest BCUT2D eigenvalue weighted by Gasteiger charge is 2.14. The Morgan fingerprint density at radius 3 is 2.33 bits per heavy atom. The molecule has 0 amide bonds. The van der Waals surface area contributed by atoms with Crippen LogP contribution < -0.4 is 10.0 Å². The van der Waals surface area contributed by atoms with Gasteiger partial charge in [0.25, 0.3) is 0 Å². The SMILES string of the molecule is CNS(=O)(=O)c1ccc(C(C)Nc2ccc3nnc(-c4ccc(F)cc4)n3n2)cc1. The van der Waals surface area contributed by atoms with Crippen molar-refractivity contribution in [2.45, 2.75) is 17.9 Å². The van der Waals surface area contributed by atoms with Crippen molar-refractivity contribution in [1.82, 2.24) is 24.5 Å². The molecule has 0 aliphatic heterocycles. The summed E-state index contributed by atoms with van der Waals surface area (Å²) in [6.07, 6.45) is 0. The summed E-state index contributed by atoms with van der Waals surface area (Å²) in [5, 5.41) is 16.1. The molecule has 0 saturated carbocycles. The van der Waals surface area contributed by atoms with Crippen molar-refractivity contribution in [2.24, 2.45) is 0 Å². The molecular weight excluding hydrogens is 407 g/mol. The van der Waals surface area contributed by atoms with Gasteiger partial charge in [-0.15, -0.1) is 15.3 Å². The van der Waals surface area contributed by atoms with Crippen LogP contribution in [0, 0.1) is 5.82 Å². The zero-order valence-corrected chi connectivity index (χ0v) is 17.1. The van der Waals surface area contributed by atoms with Gasteiger partial charge in [-0.2, -0.15) is 4.52 Å². The van der Waals surface area contributed by atoms with Crippen LogP contribution in [0.1, 0.15) is 18.5 Å². The fraction of sp³-hybridized carbons (Fsp3) is 0.150. The maximum absolute atomic E-state index is 13.2. The molecule has 1 atom stereocenters. The Hall–Kier alpha value is -3.37. The first kappa shape index (κ1) is 19.9. The lowest BCUT2D eigenvalue weighted by Crippen LogP contribution is -2.18. The Morgan fingerprint density at radius 1 is 0.967 bits per heavy atom. The highest BCUT2D eigenvalue weighted by molar-refractivity contribution is 7.89. The summed E-state index contributed by atoms with van der Waals surface area (Å²) in [5.41, 5.74) is 2.16. The first-order valence-electron chi connectivity index (χ1n) is 9.16. The number of anilines is 1. The molecule has 2 aromatic carbocycles. The van der Waals surface area contributed by atoms with Crippen molar-refractivity contribution in [1.29, 1.82) is 0 Å². The molecule has 0 aliphatic rings. The van der Waals surface area contributed by atoms with Gasteiger partial charge in [0, 0.05) is 11.6 Å². The van der Waals surface area contributed by atoms with Crippen molar-refractivity contribution < 1.29 is 12.8 Å². The van der Waals surface area contributed by atoms with Crippen molar-refractivity contribution >= 4 is 21.5 Å². The van der Waals surface area contributed by atoms with Crippen LogP contribution in [0.2, 0.25) is 0 Å². The van der Waals surface area contributed by atoms with Crippen LogP contribution in [-0.4, -0.2) is 35.3 Å². The van der Waals surface area contributed by atoms with E-state index in [4.69, 9.17) is 0 Å². The Bertz CT molecular complexity index is 1290. The van der Waals surface area contributed by atoms with Gasteiger partial charge in [-0.05, 0) is 68.1 Å². The summed E-state index contributed by atoms with van der Waals surface area (Å²) in [5.74, 6) is 0.762. The van der Waals surface area contributed by atoms with Crippen molar-refractivity contribution in [3.63, 3.8) is 0 Å². The summed E-state index contributed by atoms with van der Waals surface area (Å²) in [6, 6.07) is 16.0. The zero-order valence-electron chi connectivity index (χ0n) is 16.2. The monoisotopic (exact) mass is 426 g/mol. The van der Waals surface area contributed by atoms with E-state index in [0.717, 1.165) is 5.56 Å². The Balaban J connectivity index is 1.59. The first-order valence-corrected chi connectivity index (χ1v) is 10.6. The van der Waals surface area contributed by atoms with E-state index < -0.39 is 10.0 Å². The maximum Gasteiger partial charge on any atom is 0.240 e. The predicted octanol–water partition coefficient (Wildman–Crippen LogP) is 3.01. The van der Waals surface area contributed by atoms with Crippen LogP contribution >= 0.6 is 0 Å². The molecule has 1 unspecified atom stereocenters. The summed E-state index contributed by atoms with van der Waals surface area (Å²) in [6.45, 7) is 1.94. The molecule has 0 bridgehead atoms. The van der Waals surface area contributed by atoms with Crippen molar-refractivity contribution in [3.8, 4) is 11.4 Å². The van der Waals surface area contributed by atoms with E-state index in [1.165, 1.54) is 19.2 Å². The quantitative estimate of drug-likeness (QED) is 0.492. The number of hydrogen-bond donors (Lipinski definition) is 2. The van der Waals surface area contributed by atoms with Crippen LogP contribution in [-0.2, 0) is 10.0 Å². The fourth-order valence-electron chi connectivity index (χ4n) is 3.00. The second kappa shape index (κ2) is 7.81. The molecule has 10 heteroatoms. The van der Waals surface area contributed by atoms with E-state index in [9.17, 15) is 12.8 Å². The molecule has 2 N–H and O–H groups in total. The zero-order chi connectivity index (χ0) is 21.3. The molecule has 2 aromatic heterocycles. The van der Waals surface area contributed by atoms with Gasteiger partial charge in [0.05, 0.1) is 4.90 Å². The second-order valence-electron chi connectivity index (χ2n) is 6.66. The molecule has 0 aliphatic carbocycles. The number of fused-ring (bicyclic) bond motifs is 1. The van der Waals surface area contributed by atoms with Gasteiger partial charge in [-0.25, -0.2) is 17.5 Å². The summed E-state index contributed by atoms with van der Waals surface area (Å²) in [4.78, 5) is 0.203. The predicted molar refractivity (Wildman–Crippen MR) is 111 cm³/mol. The third-order valence-electron chi connectivity index (χ3n) is 4.69. The lowest BCUT2D eigenvalue weighted by Gasteiger charge is -2.15. The lowest BCUT2D eigenvalue weighted by molar-refractivity contribution is 0.588. The van der Waals surface area contributed by atoms with Gasteiger partial charge >= 0.3 is 0 Å². The number of rotatable bonds is 6. The van der Waals surface area contributed by atoms with Gasteiger partial charge in [-0.3, -0.25) is 0 Å². The molecule has 4 rings (SSSR count). The summed E-state index contributed by atoms with van der Waals surface area (Å²) < 4.78 is 40.8. The third-order valence-corrected chi connectivity index (χ3v) is 6.12. The van der Waals surface area contributed by atoms with Gasteiger partial charge in [-0.1, -0.05) is 12.1 Å². The minimum absolute atomic E-state index is 0.132. The average molecular weight is 426 g/mol. The van der Waals surface area contributed by atoms with Gasteiger partial charge in [0.1, 0.15) is 11.6 Å². The van der Waals surface area contributed by atoms with E-state index in [1.807, 2.05) is 6.92 Å². The fourth-order valence-corrected chi connectivity index (χ4v) is 3.73. The van der Waals surface area contributed by atoms with Gasteiger partial charge < -0.3 is 5.32 Å². The standard InChI is InChI=1S/C20H19FN6O2S/c1-13(14-5-9-17(10-6-14)30(28,29)22-2)23-18-11-12-19-24-25-20(27(19)26-18)15-3-7-16(21)8-4-15/h3-13,22H,1-2H3,(H,23,26). The average Bonchev–Trinajstić information content (AvgIpc) is 3.17. The topological polar surface area (TPSA) is 101 Å². The van der Waals surface area contributed by atoms with E-state index in [2.05, 4.69) is 25.3 Å². The second-order valence-corrected chi connectivity index (χ2v) is 8.55. The molecule has 0 saturated heterocycles. The van der Waals surface area contributed by atoms with Crippen LogP contribution in [0.4, 0.5) is 10.2 Å². The van der Waals surface area contributed by atoms with Gasteiger partial charge in [0.2, 0.25) is 10.0 Å². The minimum Gasteiger partial charge on any atom is -0.362 e. The number of aromatic nitrogens is 4. The van der Waals surface area contributed by atoms with E-state index in [-0.39, 0.29) is 16.8 Å². The molecule has 8 nitrogen and oxygen atoms in total. The Morgan fingerprint density at radius 2 is 1.67 bits per heavy atom. The number of nitrogens with zero attached hydrogens (tertiary/aromatic N) is 4. The number of halogens is 1. The van der Waals surface area contributed by atoms with E-state index >= 15 is 0 Å². The minimum atomic E-state index is -3.47. The number of sulfonamides is 1.